The van der Waals surface area contributed by atoms with E-state index in [0.717, 1.165) is 5.56 Å². The topological polar surface area (TPSA) is 106 Å². The summed E-state index contributed by atoms with van der Waals surface area (Å²) >= 11 is 0. The molecule has 3 amide bonds. The third-order valence-corrected chi connectivity index (χ3v) is 5.16. The normalized spacial score (nSPS) is 14.5. The summed E-state index contributed by atoms with van der Waals surface area (Å²) < 4.78 is 10.8. The van der Waals surface area contributed by atoms with E-state index in [1.807, 2.05) is 33.8 Å². The summed E-state index contributed by atoms with van der Waals surface area (Å²) in [6.07, 6.45) is 0. The van der Waals surface area contributed by atoms with Gasteiger partial charge in [0.05, 0.1) is 18.3 Å². The minimum atomic E-state index is -0.711. The highest BCUT2D eigenvalue weighted by Crippen LogP contribution is 2.30. The predicted octanol–water partition coefficient (Wildman–Crippen LogP) is 3.05. The molecule has 0 aliphatic carbocycles. The molecule has 8 nitrogen and oxygen atoms in total. The molecule has 0 radical (unpaired) electrons. The molecule has 0 fully saturated rings. The highest BCUT2D eigenvalue weighted by molar-refractivity contribution is 5.98. The number of rotatable bonds is 8. The van der Waals surface area contributed by atoms with Gasteiger partial charge in [0.25, 0.3) is 11.8 Å². The molecule has 0 spiro atoms. The number of amides is 3. The molecule has 32 heavy (non-hydrogen) atoms. The lowest BCUT2D eigenvalue weighted by Gasteiger charge is -2.25. The van der Waals surface area contributed by atoms with Gasteiger partial charge in [0.2, 0.25) is 5.91 Å². The summed E-state index contributed by atoms with van der Waals surface area (Å²) in [5, 5.41) is 8.54. The van der Waals surface area contributed by atoms with Crippen molar-refractivity contribution in [1.82, 2.24) is 10.6 Å². The van der Waals surface area contributed by atoms with Gasteiger partial charge in [0.15, 0.2) is 6.61 Å². The second-order valence-corrected chi connectivity index (χ2v) is 7.98. The van der Waals surface area contributed by atoms with Gasteiger partial charge in [-0.25, -0.2) is 0 Å². The first-order valence-corrected chi connectivity index (χ1v) is 10.7. The standard InChI is InChI=1S/C24H29N3O5/c1-5-31-18-9-6-16(7-10-18)23(29)27-22(14(2)3)24(30)25-15(4)17-8-11-20-19(12-17)26-21(28)13-32-20/h6-12,14-15,22H,5,13H2,1-4H3,(H,25,30)(H,26,28)(H,27,29). The molecule has 0 aromatic heterocycles. The summed E-state index contributed by atoms with van der Waals surface area (Å²) in [4.78, 5) is 37.2. The predicted molar refractivity (Wildman–Crippen MR) is 121 cm³/mol. The molecule has 8 heteroatoms. The number of fused-ring (bicyclic) bond motifs is 1. The van der Waals surface area contributed by atoms with E-state index in [1.54, 1.807) is 36.4 Å². The largest absolute Gasteiger partial charge is 0.494 e. The van der Waals surface area contributed by atoms with Gasteiger partial charge >= 0.3 is 0 Å². The van der Waals surface area contributed by atoms with Crippen LogP contribution in [0.25, 0.3) is 0 Å². The van der Waals surface area contributed by atoms with E-state index in [2.05, 4.69) is 16.0 Å². The maximum absolute atomic E-state index is 13.0. The molecule has 2 unspecified atom stereocenters. The fourth-order valence-corrected chi connectivity index (χ4v) is 3.39. The molecule has 3 rings (SSSR count). The number of carbonyl (C=O) groups excluding carboxylic acids is 3. The Bertz CT molecular complexity index is 988. The van der Waals surface area contributed by atoms with Gasteiger partial charge in [0.1, 0.15) is 17.5 Å². The molecule has 3 N–H and O–H groups in total. The Hall–Kier alpha value is -3.55. The third-order valence-electron chi connectivity index (χ3n) is 5.16. The van der Waals surface area contributed by atoms with Gasteiger partial charge in [-0.2, -0.15) is 0 Å². The van der Waals surface area contributed by atoms with E-state index in [1.165, 1.54) is 0 Å². The van der Waals surface area contributed by atoms with Crippen molar-refractivity contribution in [2.75, 3.05) is 18.5 Å². The van der Waals surface area contributed by atoms with Crippen LogP contribution in [-0.2, 0) is 9.59 Å². The second kappa shape index (κ2) is 10.2. The Kier molecular flexibility index (Phi) is 7.35. The van der Waals surface area contributed by atoms with Crippen molar-refractivity contribution in [2.45, 2.75) is 39.8 Å². The lowest BCUT2D eigenvalue weighted by molar-refractivity contribution is -0.124. The number of benzene rings is 2. The first kappa shape index (κ1) is 23.1. The summed E-state index contributed by atoms with van der Waals surface area (Å²) in [6, 6.07) is 11.1. The molecule has 0 bridgehead atoms. The maximum Gasteiger partial charge on any atom is 0.262 e. The van der Waals surface area contributed by atoms with Gasteiger partial charge in [-0.15, -0.1) is 0 Å². The summed E-state index contributed by atoms with van der Waals surface area (Å²) in [7, 11) is 0. The zero-order valence-corrected chi connectivity index (χ0v) is 18.7. The van der Waals surface area contributed by atoms with Crippen molar-refractivity contribution in [1.29, 1.82) is 0 Å². The smallest absolute Gasteiger partial charge is 0.262 e. The lowest BCUT2D eigenvalue weighted by Crippen LogP contribution is -2.50. The molecule has 1 aliphatic heterocycles. The molecule has 170 valence electrons. The average molecular weight is 440 g/mol. The van der Waals surface area contributed by atoms with Gasteiger partial charge in [-0.05, 0) is 61.7 Å². The highest BCUT2D eigenvalue weighted by Gasteiger charge is 2.26. The number of nitrogens with one attached hydrogen (secondary N) is 3. The van der Waals surface area contributed by atoms with E-state index >= 15 is 0 Å². The van der Waals surface area contributed by atoms with Crippen molar-refractivity contribution >= 4 is 23.4 Å². The molecule has 1 heterocycles. The SMILES string of the molecule is CCOc1ccc(C(=O)NC(C(=O)NC(C)c2ccc3c(c2)NC(=O)CO3)C(C)C)cc1. The van der Waals surface area contributed by atoms with Gasteiger partial charge < -0.3 is 25.4 Å². The molecule has 2 aromatic rings. The molecule has 2 atom stereocenters. The van der Waals surface area contributed by atoms with Crippen LogP contribution in [0.2, 0.25) is 0 Å². The Morgan fingerprint density at radius 1 is 1.09 bits per heavy atom. The van der Waals surface area contributed by atoms with Crippen molar-refractivity contribution < 1.29 is 23.9 Å². The van der Waals surface area contributed by atoms with Crippen molar-refractivity contribution in [3.05, 3.63) is 53.6 Å². The Labute approximate surface area is 187 Å². The Morgan fingerprint density at radius 2 is 1.81 bits per heavy atom. The minimum Gasteiger partial charge on any atom is -0.494 e. The molecular weight excluding hydrogens is 410 g/mol. The van der Waals surface area contributed by atoms with E-state index < -0.39 is 6.04 Å². The number of hydrogen-bond donors (Lipinski definition) is 3. The number of carbonyl (C=O) groups is 3. The van der Waals surface area contributed by atoms with Crippen LogP contribution in [0.3, 0.4) is 0 Å². The van der Waals surface area contributed by atoms with Crippen LogP contribution in [-0.4, -0.2) is 37.0 Å². The van der Waals surface area contributed by atoms with E-state index in [-0.39, 0.29) is 36.3 Å². The molecule has 0 saturated carbocycles. The molecule has 1 aliphatic rings. The highest BCUT2D eigenvalue weighted by atomic mass is 16.5. The molecule has 0 saturated heterocycles. The van der Waals surface area contributed by atoms with Crippen molar-refractivity contribution in [3.63, 3.8) is 0 Å². The van der Waals surface area contributed by atoms with Crippen molar-refractivity contribution in [3.8, 4) is 11.5 Å². The monoisotopic (exact) mass is 439 g/mol. The first-order chi connectivity index (χ1) is 15.3. The van der Waals surface area contributed by atoms with E-state index in [9.17, 15) is 14.4 Å². The lowest BCUT2D eigenvalue weighted by atomic mass is 10.0. The number of ether oxygens (including phenoxy) is 2. The molecule has 2 aromatic carbocycles. The van der Waals surface area contributed by atoms with Gasteiger partial charge in [-0.3, -0.25) is 14.4 Å². The Morgan fingerprint density at radius 3 is 2.47 bits per heavy atom. The number of anilines is 1. The van der Waals surface area contributed by atoms with Crippen LogP contribution in [0.4, 0.5) is 5.69 Å². The van der Waals surface area contributed by atoms with Crippen LogP contribution < -0.4 is 25.4 Å². The first-order valence-electron chi connectivity index (χ1n) is 10.7. The third kappa shape index (κ3) is 5.57. The summed E-state index contributed by atoms with van der Waals surface area (Å²) in [5.74, 6) is 0.318. The summed E-state index contributed by atoms with van der Waals surface area (Å²) in [6.45, 7) is 8.02. The Balaban J connectivity index is 1.66. The average Bonchev–Trinajstić information content (AvgIpc) is 2.77. The fourth-order valence-electron chi connectivity index (χ4n) is 3.39. The quantitative estimate of drug-likeness (QED) is 0.586. The van der Waals surface area contributed by atoms with Gasteiger partial charge in [-0.1, -0.05) is 19.9 Å². The van der Waals surface area contributed by atoms with Gasteiger partial charge in [0, 0.05) is 5.56 Å². The van der Waals surface area contributed by atoms with Crippen LogP contribution >= 0.6 is 0 Å². The van der Waals surface area contributed by atoms with E-state index in [0.29, 0.717) is 29.4 Å². The van der Waals surface area contributed by atoms with Crippen LogP contribution in [0.5, 0.6) is 11.5 Å². The minimum absolute atomic E-state index is 0.0112. The second-order valence-electron chi connectivity index (χ2n) is 7.98. The van der Waals surface area contributed by atoms with Crippen molar-refractivity contribution in [2.24, 2.45) is 5.92 Å². The number of hydrogen-bond acceptors (Lipinski definition) is 5. The maximum atomic E-state index is 13.0. The fraction of sp³-hybridized carbons (Fsp3) is 0.375. The van der Waals surface area contributed by atoms with Crippen LogP contribution in [0.1, 0.15) is 49.7 Å². The van der Waals surface area contributed by atoms with Crippen LogP contribution in [0, 0.1) is 5.92 Å². The zero-order chi connectivity index (χ0) is 23.3. The van der Waals surface area contributed by atoms with Crippen LogP contribution in [0.15, 0.2) is 42.5 Å². The van der Waals surface area contributed by atoms with E-state index in [4.69, 9.17) is 9.47 Å². The zero-order valence-electron chi connectivity index (χ0n) is 18.7. The summed E-state index contributed by atoms with van der Waals surface area (Å²) in [5.41, 5.74) is 1.83. The molecular formula is C24H29N3O5.